The number of para-hydroxylation sites is 1. The summed E-state index contributed by atoms with van der Waals surface area (Å²) >= 11 is 3.06. The Hall–Kier alpha value is -2.32. The van der Waals surface area contributed by atoms with Crippen molar-refractivity contribution in [1.29, 1.82) is 0 Å². The van der Waals surface area contributed by atoms with E-state index in [0.29, 0.717) is 28.3 Å². The minimum atomic E-state index is -0.362. The number of hydrogen-bond acceptors (Lipinski definition) is 5. The Morgan fingerprint density at radius 3 is 2.93 bits per heavy atom. The van der Waals surface area contributed by atoms with Gasteiger partial charge in [-0.2, -0.15) is 0 Å². The van der Waals surface area contributed by atoms with Gasteiger partial charge in [0.15, 0.2) is 5.82 Å². The maximum absolute atomic E-state index is 13.9. The summed E-state index contributed by atoms with van der Waals surface area (Å²) in [6.45, 7) is 2.88. The van der Waals surface area contributed by atoms with E-state index in [9.17, 15) is 9.18 Å². The average Bonchev–Trinajstić information content (AvgIpc) is 3.09. The fourth-order valence-corrected chi connectivity index (χ4v) is 4.82. The van der Waals surface area contributed by atoms with E-state index < -0.39 is 0 Å². The van der Waals surface area contributed by atoms with Gasteiger partial charge in [-0.05, 0) is 30.7 Å². The van der Waals surface area contributed by atoms with Crippen molar-refractivity contribution in [1.82, 2.24) is 15.2 Å². The van der Waals surface area contributed by atoms with E-state index in [1.54, 1.807) is 30.0 Å². The van der Waals surface area contributed by atoms with Crippen molar-refractivity contribution in [3.63, 3.8) is 0 Å². The first-order valence-corrected chi connectivity index (χ1v) is 10.8. The number of carbonyl (C=O) groups is 1. The Labute approximate surface area is 171 Å². The highest BCUT2D eigenvalue weighted by Gasteiger charge is 2.24. The lowest BCUT2D eigenvalue weighted by atomic mass is 10.2. The van der Waals surface area contributed by atoms with Crippen LogP contribution in [0, 0.1) is 5.82 Å². The lowest BCUT2D eigenvalue weighted by molar-refractivity contribution is -0.116. The third-order valence-electron chi connectivity index (χ3n) is 4.46. The number of nitrogens with zero attached hydrogens (tertiary/aromatic N) is 3. The molecule has 2 heterocycles. The largest absolute Gasteiger partial charge is 0.311 e. The maximum atomic E-state index is 13.9. The zero-order chi connectivity index (χ0) is 19.5. The van der Waals surface area contributed by atoms with Gasteiger partial charge in [-0.15, -0.1) is 16.9 Å². The van der Waals surface area contributed by atoms with Crippen molar-refractivity contribution in [2.75, 3.05) is 17.2 Å². The quantitative estimate of drug-likeness (QED) is 0.631. The maximum Gasteiger partial charge on any atom is 0.237 e. The molecule has 0 fully saturated rings. The Bertz CT molecular complexity index is 994. The zero-order valence-corrected chi connectivity index (χ0v) is 16.9. The molecule has 8 heteroatoms. The number of hydrogen-bond donors (Lipinski definition) is 1. The number of rotatable bonds is 4. The van der Waals surface area contributed by atoms with Crippen LogP contribution in [-0.4, -0.2) is 38.6 Å². The van der Waals surface area contributed by atoms with Crippen LogP contribution in [0.3, 0.4) is 0 Å². The van der Waals surface area contributed by atoms with Crippen LogP contribution in [0.5, 0.6) is 0 Å². The first-order chi connectivity index (χ1) is 13.6. The minimum Gasteiger partial charge on any atom is -0.311 e. The Morgan fingerprint density at radius 1 is 1.29 bits per heavy atom. The fourth-order valence-electron chi connectivity index (χ4n) is 3.03. The topological polar surface area (TPSA) is 61.9 Å². The second kappa shape index (κ2) is 8.36. The van der Waals surface area contributed by atoms with Crippen LogP contribution < -0.4 is 4.90 Å². The van der Waals surface area contributed by atoms with Crippen LogP contribution in [0.4, 0.5) is 10.1 Å². The molecule has 1 N–H and O–H groups in total. The summed E-state index contributed by atoms with van der Waals surface area (Å²) in [7, 11) is 0. The summed E-state index contributed by atoms with van der Waals surface area (Å²) in [6, 6.07) is 14.4. The van der Waals surface area contributed by atoms with Gasteiger partial charge < -0.3 is 4.90 Å². The van der Waals surface area contributed by atoms with Gasteiger partial charge in [-0.1, -0.05) is 43.0 Å². The van der Waals surface area contributed by atoms with Gasteiger partial charge >= 0.3 is 0 Å². The van der Waals surface area contributed by atoms with E-state index in [1.165, 1.54) is 17.8 Å². The Balaban J connectivity index is 1.46. The lowest BCUT2D eigenvalue weighted by Gasteiger charge is -2.22. The van der Waals surface area contributed by atoms with E-state index in [1.807, 2.05) is 23.1 Å². The number of H-pyrrole nitrogens is 1. The molecular weight excluding hydrogens is 395 g/mol. The van der Waals surface area contributed by atoms with Gasteiger partial charge in [0.25, 0.3) is 0 Å². The molecule has 28 heavy (non-hydrogen) atoms. The zero-order valence-electron chi connectivity index (χ0n) is 15.3. The molecule has 0 radical (unpaired) electrons. The van der Waals surface area contributed by atoms with Crippen molar-refractivity contribution in [3.8, 4) is 11.4 Å². The molecule has 2 aromatic carbocycles. The third kappa shape index (κ3) is 4.07. The normalized spacial score (nSPS) is 16.5. The van der Waals surface area contributed by atoms with E-state index >= 15 is 0 Å². The molecule has 0 aliphatic carbocycles. The number of benzene rings is 2. The molecule has 3 aromatic rings. The second-order valence-electron chi connectivity index (χ2n) is 6.47. The predicted molar refractivity (Wildman–Crippen MR) is 111 cm³/mol. The van der Waals surface area contributed by atoms with Crippen molar-refractivity contribution in [3.05, 3.63) is 54.3 Å². The van der Waals surface area contributed by atoms with Crippen molar-refractivity contribution < 1.29 is 9.18 Å². The summed E-state index contributed by atoms with van der Waals surface area (Å²) in [5.41, 5.74) is 1.32. The van der Waals surface area contributed by atoms with Gasteiger partial charge in [-0.3, -0.25) is 9.89 Å². The van der Waals surface area contributed by atoms with E-state index in [2.05, 4.69) is 28.2 Å². The summed E-state index contributed by atoms with van der Waals surface area (Å²) in [5.74, 6) is 0.240. The molecule has 0 saturated carbocycles. The van der Waals surface area contributed by atoms with Crippen molar-refractivity contribution in [2.24, 2.45) is 0 Å². The Kier molecular flexibility index (Phi) is 5.68. The van der Waals surface area contributed by atoms with Crippen LogP contribution in [-0.2, 0) is 4.79 Å². The van der Waals surface area contributed by atoms with Crippen LogP contribution in [0.15, 0.2) is 58.6 Å². The number of anilines is 1. The molecule has 1 unspecified atom stereocenters. The summed E-state index contributed by atoms with van der Waals surface area (Å²) in [5, 5.41) is 7.75. The number of aromatic nitrogens is 3. The molecule has 4 rings (SSSR count). The number of fused-ring (bicyclic) bond motifs is 1. The first kappa shape index (κ1) is 19.0. The highest BCUT2D eigenvalue weighted by Crippen LogP contribution is 2.37. The van der Waals surface area contributed by atoms with Crippen LogP contribution in [0.2, 0.25) is 0 Å². The first-order valence-electron chi connectivity index (χ1n) is 8.98. The number of halogens is 1. The monoisotopic (exact) mass is 414 g/mol. The summed E-state index contributed by atoms with van der Waals surface area (Å²) in [6.07, 6.45) is 0.938. The minimum absolute atomic E-state index is 0.0180. The van der Waals surface area contributed by atoms with E-state index in [4.69, 9.17) is 0 Å². The molecule has 1 aliphatic rings. The van der Waals surface area contributed by atoms with Crippen molar-refractivity contribution >= 4 is 35.1 Å². The molecule has 1 aromatic heterocycles. The summed E-state index contributed by atoms with van der Waals surface area (Å²) < 4.78 is 13.9. The standard InChI is InChI=1S/C20H19FN4OS2/c1-13-10-11-25(16-8-4-5-9-17(16)28-13)18(26)12-27-20-22-19(23-24-20)14-6-2-3-7-15(14)21/h2-9,13H,10-12H2,1H3,(H,22,23,24). The third-order valence-corrected chi connectivity index (χ3v) is 6.53. The molecule has 1 amide bonds. The molecule has 144 valence electrons. The van der Waals surface area contributed by atoms with Crippen LogP contribution in [0.1, 0.15) is 13.3 Å². The molecular formula is C20H19FN4OS2. The van der Waals surface area contributed by atoms with Gasteiger partial charge in [0.05, 0.1) is 17.0 Å². The fraction of sp³-hybridized carbons (Fsp3) is 0.250. The highest BCUT2D eigenvalue weighted by atomic mass is 32.2. The summed E-state index contributed by atoms with van der Waals surface area (Å²) in [4.78, 5) is 20.2. The molecule has 5 nitrogen and oxygen atoms in total. The van der Waals surface area contributed by atoms with Gasteiger partial charge in [0, 0.05) is 16.7 Å². The lowest BCUT2D eigenvalue weighted by Crippen LogP contribution is -2.33. The van der Waals surface area contributed by atoms with Gasteiger partial charge in [0.1, 0.15) is 5.82 Å². The number of nitrogens with one attached hydrogen (secondary N) is 1. The number of aromatic amines is 1. The van der Waals surface area contributed by atoms with Crippen LogP contribution >= 0.6 is 23.5 Å². The second-order valence-corrected chi connectivity index (χ2v) is 8.89. The van der Waals surface area contributed by atoms with Crippen molar-refractivity contribution in [2.45, 2.75) is 28.6 Å². The van der Waals surface area contributed by atoms with Crippen LogP contribution in [0.25, 0.3) is 11.4 Å². The number of amides is 1. The highest BCUT2D eigenvalue weighted by molar-refractivity contribution is 8.00. The Morgan fingerprint density at radius 2 is 2.07 bits per heavy atom. The molecule has 1 atom stereocenters. The molecule has 0 bridgehead atoms. The molecule has 0 spiro atoms. The molecule has 0 saturated heterocycles. The van der Waals surface area contributed by atoms with E-state index in [0.717, 1.165) is 17.0 Å². The SMILES string of the molecule is CC1CCN(C(=O)CSc2n[nH]c(-c3ccccc3F)n2)c2ccccc2S1. The van der Waals surface area contributed by atoms with Gasteiger partial charge in [0.2, 0.25) is 11.1 Å². The smallest absolute Gasteiger partial charge is 0.237 e. The number of thioether (sulfide) groups is 2. The van der Waals surface area contributed by atoms with E-state index in [-0.39, 0.29) is 17.5 Å². The average molecular weight is 415 g/mol. The van der Waals surface area contributed by atoms with Gasteiger partial charge in [-0.25, -0.2) is 9.37 Å². The molecule has 1 aliphatic heterocycles. The number of carbonyl (C=O) groups excluding carboxylic acids is 1. The predicted octanol–water partition coefficient (Wildman–Crippen LogP) is 4.62.